The van der Waals surface area contributed by atoms with Crippen molar-refractivity contribution in [1.82, 2.24) is 19.7 Å². The molecule has 1 N–H and O–H groups in total. The molecular formula is C18H28N4O3. The van der Waals surface area contributed by atoms with Gasteiger partial charge < -0.3 is 24.5 Å². The lowest BCUT2D eigenvalue weighted by Crippen LogP contribution is -2.47. The number of carbonyl (C=O) groups excluding carboxylic acids is 1. The number of methoxy groups -OCH3 is 1. The van der Waals surface area contributed by atoms with E-state index < -0.39 is 0 Å². The third-order valence-corrected chi connectivity index (χ3v) is 5.38. The average Bonchev–Trinajstić information content (AvgIpc) is 3.05. The van der Waals surface area contributed by atoms with E-state index in [2.05, 4.69) is 21.8 Å². The lowest BCUT2D eigenvalue weighted by atomic mass is 9.96. The van der Waals surface area contributed by atoms with Crippen LogP contribution in [0.25, 0.3) is 0 Å². The van der Waals surface area contributed by atoms with Crippen molar-refractivity contribution in [2.24, 2.45) is 11.8 Å². The van der Waals surface area contributed by atoms with Gasteiger partial charge in [-0.3, -0.25) is 4.79 Å². The minimum Gasteiger partial charge on any atom is -0.480 e. The molecule has 0 aromatic carbocycles. The van der Waals surface area contributed by atoms with Gasteiger partial charge in [0.05, 0.1) is 7.11 Å². The van der Waals surface area contributed by atoms with Gasteiger partial charge in [0.1, 0.15) is 5.56 Å². The van der Waals surface area contributed by atoms with Gasteiger partial charge in [0.15, 0.2) is 0 Å². The number of hydrogen-bond donors (Lipinski definition) is 1. The maximum absolute atomic E-state index is 12.9. The lowest BCUT2D eigenvalue weighted by Gasteiger charge is -2.34. The highest BCUT2D eigenvalue weighted by Crippen LogP contribution is 2.27. The Morgan fingerprint density at radius 2 is 2.00 bits per heavy atom. The molecular weight excluding hydrogens is 320 g/mol. The van der Waals surface area contributed by atoms with Crippen LogP contribution in [0.15, 0.2) is 18.3 Å². The molecule has 0 spiro atoms. The van der Waals surface area contributed by atoms with E-state index in [9.17, 15) is 9.90 Å². The fraction of sp³-hybridized carbons (Fsp3) is 0.667. The molecule has 0 saturated carbocycles. The van der Waals surface area contributed by atoms with Crippen LogP contribution in [0.5, 0.6) is 5.88 Å². The summed E-state index contributed by atoms with van der Waals surface area (Å²) in [6.45, 7) is 6.57. The smallest absolute Gasteiger partial charge is 0.259 e. The molecule has 2 aliphatic rings. The summed E-state index contributed by atoms with van der Waals surface area (Å²) in [5.74, 6) is 0.728. The number of aliphatic hydroxyl groups is 1. The standard InChI is InChI=1S/C18H28N4O3/c1-20-6-8-21(9-7-20)10-14-11-22(12-15(14)13-23)18(24)16-4-3-5-19-17(16)25-2/h3-5,14-15,23H,6-13H2,1-2H3/t14-,15-/m1/s1. The summed E-state index contributed by atoms with van der Waals surface area (Å²) in [4.78, 5) is 23.6. The van der Waals surface area contributed by atoms with Crippen LogP contribution in [0.4, 0.5) is 0 Å². The van der Waals surface area contributed by atoms with E-state index in [1.807, 2.05) is 4.90 Å². The van der Waals surface area contributed by atoms with Crippen LogP contribution in [0.2, 0.25) is 0 Å². The van der Waals surface area contributed by atoms with Crippen molar-refractivity contribution < 1.29 is 14.6 Å². The van der Waals surface area contributed by atoms with Crippen molar-refractivity contribution in [1.29, 1.82) is 0 Å². The van der Waals surface area contributed by atoms with E-state index in [1.165, 1.54) is 7.11 Å². The predicted molar refractivity (Wildman–Crippen MR) is 94.7 cm³/mol. The van der Waals surface area contributed by atoms with E-state index in [1.54, 1.807) is 18.3 Å². The van der Waals surface area contributed by atoms with Gasteiger partial charge in [0.25, 0.3) is 5.91 Å². The molecule has 2 fully saturated rings. The van der Waals surface area contributed by atoms with E-state index >= 15 is 0 Å². The number of ether oxygens (including phenoxy) is 1. The summed E-state index contributed by atoms with van der Waals surface area (Å²) in [6, 6.07) is 3.49. The Balaban J connectivity index is 1.65. The Morgan fingerprint density at radius 3 is 2.68 bits per heavy atom. The maximum Gasteiger partial charge on any atom is 0.259 e. The number of hydrogen-bond acceptors (Lipinski definition) is 6. The second-order valence-corrected chi connectivity index (χ2v) is 7.08. The summed E-state index contributed by atoms with van der Waals surface area (Å²) >= 11 is 0. The molecule has 1 aromatic rings. The normalized spacial score (nSPS) is 25.3. The van der Waals surface area contributed by atoms with Gasteiger partial charge in [0.2, 0.25) is 5.88 Å². The average molecular weight is 348 g/mol. The zero-order valence-electron chi connectivity index (χ0n) is 15.1. The first-order valence-electron chi connectivity index (χ1n) is 8.92. The summed E-state index contributed by atoms with van der Waals surface area (Å²) in [6.07, 6.45) is 1.62. The second-order valence-electron chi connectivity index (χ2n) is 7.08. The topological polar surface area (TPSA) is 69.1 Å². The van der Waals surface area contributed by atoms with Crippen LogP contribution >= 0.6 is 0 Å². The molecule has 1 amide bonds. The summed E-state index contributed by atoms with van der Waals surface area (Å²) in [5.41, 5.74) is 0.488. The first-order valence-corrected chi connectivity index (χ1v) is 8.92. The molecule has 2 saturated heterocycles. The molecule has 3 rings (SSSR count). The van der Waals surface area contributed by atoms with Crippen molar-refractivity contribution in [3.05, 3.63) is 23.9 Å². The van der Waals surface area contributed by atoms with Crippen LogP contribution in [0.1, 0.15) is 10.4 Å². The van der Waals surface area contributed by atoms with Crippen LogP contribution in [0.3, 0.4) is 0 Å². The fourth-order valence-corrected chi connectivity index (χ4v) is 3.77. The van der Waals surface area contributed by atoms with Crippen LogP contribution in [-0.4, -0.2) is 97.3 Å². The number of amides is 1. The number of likely N-dealkylation sites (tertiary alicyclic amines) is 1. The SMILES string of the molecule is COc1ncccc1C(=O)N1C[C@@H](CN2CCN(C)CC2)[C@@H](CO)C1. The number of likely N-dealkylation sites (N-methyl/N-ethyl adjacent to an activating group) is 1. The van der Waals surface area contributed by atoms with Crippen LogP contribution < -0.4 is 4.74 Å². The van der Waals surface area contributed by atoms with E-state index in [0.717, 1.165) is 32.7 Å². The third kappa shape index (κ3) is 4.11. The predicted octanol–water partition coefficient (Wildman–Crippen LogP) is 0.0181. The summed E-state index contributed by atoms with van der Waals surface area (Å²) in [7, 11) is 3.67. The van der Waals surface area contributed by atoms with Crippen molar-refractivity contribution in [3.63, 3.8) is 0 Å². The minimum atomic E-state index is -0.0655. The number of aromatic nitrogens is 1. The number of carbonyl (C=O) groups is 1. The molecule has 7 heteroatoms. The van der Waals surface area contributed by atoms with Crippen molar-refractivity contribution >= 4 is 5.91 Å². The third-order valence-electron chi connectivity index (χ3n) is 5.38. The summed E-state index contributed by atoms with van der Waals surface area (Å²) in [5, 5.41) is 9.78. The highest BCUT2D eigenvalue weighted by Gasteiger charge is 2.37. The molecule has 25 heavy (non-hydrogen) atoms. The van der Waals surface area contributed by atoms with Gasteiger partial charge in [-0.25, -0.2) is 4.98 Å². The quantitative estimate of drug-likeness (QED) is 0.809. The monoisotopic (exact) mass is 348 g/mol. The van der Waals surface area contributed by atoms with Gasteiger partial charge in [-0.1, -0.05) is 0 Å². The molecule has 0 unspecified atom stereocenters. The number of piperazine rings is 1. The Hall–Kier alpha value is -1.70. The zero-order valence-corrected chi connectivity index (χ0v) is 15.1. The van der Waals surface area contributed by atoms with Gasteiger partial charge >= 0.3 is 0 Å². The molecule has 3 heterocycles. The fourth-order valence-electron chi connectivity index (χ4n) is 3.77. The maximum atomic E-state index is 12.9. The molecule has 7 nitrogen and oxygen atoms in total. The second kappa shape index (κ2) is 8.12. The number of pyridine rings is 1. The number of rotatable bonds is 5. The van der Waals surface area contributed by atoms with Gasteiger partial charge in [0, 0.05) is 64.5 Å². The van der Waals surface area contributed by atoms with E-state index in [-0.39, 0.29) is 18.4 Å². The van der Waals surface area contributed by atoms with Crippen LogP contribution in [0, 0.1) is 11.8 Å². The zero-order chi connectivity index (χ0) is 17.8. The van der Waals surface area contributed by atoms with E-state index in [0.29, 0.717) is 30.5 Å². The molecule has 0 aliphatic carbocycles. The molecule has 0 bridgehead atoms. The number of nitrogens with zero attached hydrogens (tertiary/aromatic N) is 4. The molecule has 1 aromatic heterocycles. The molecule has 0 radical (unpaired) electrons. The van der Waals surface area contributed by atoms with Gasteiger partial charge in [-0.05, 0) is 25.1 Å². The minimum absolute atomic E-state index is 0.0655. The summed E-state index contributed by atoms with van der Waals surface area (Å²) < 4.78 is 5.22. The van der Waals surface area contributed by atoms with Crippen LogP contribution in [-0.2, 0) is 0 Å². The number of aliphatic hydroxyl groups excluding tert-OH is 1. The van der Waals surface area contributed by atoms with E-state index in [4.69, 9.17) is 4.74 Å². The van der Waals surface area contributed by atoms with Gasteiger partial charge in [-0.2, -0.15) is 0 Å². The van der Waals surface area contributed by atoms with Crippen molar-refractivity contribution in [2.75, 3.05) is 66.6 Å². The highest BCUT2D eigenvalue weighted by atomic mass is 16.5. The van der Waals surface area contributed by atoms with Gasteiger partial charge in [-0.15, -0.1) is 0 Å². The molecule has 138 valence electrons. The Bertz CT molecular complexity index is 589. The highest BCUT2D eigenvalue weighted by molar-refractivity contribution is 5.96. The first kappa shape index (κ1) is 18.1. The Labute approximate surface area is 149 Å². The van der Waals surface area contributed by atoms with Crippen molar-refractivity contribution in [3.8, 4) is 5.88 Å². The molecule has 2 atom stereocenters. The molecule has 2 aliphatic heterocycles. The Kier molecular flexibility index (Phi) is 5.88. The van der Waals surface area contributed by atoms with Crippen molar-refractivity contribution in [2.45, 2.75) is 0 Å². The Morgan fingerprint density at radius 1 is 1.28 bits per heavy atom. The first-order chi connectivity index (χ1) is 12.1. The largest absolute Gasteiger partial charge is 0.480 e. The lowest BCUT2D eigenvalue weighted by molar-refractivity contribution is 0.0773.